The van der Waals surface area contributed by atoms with E-state index in [0.29, 0.717) is 13.0 Å². The molecule has 0 radical (unpaired) electrons. The highest BCUT2D eigenvalue weighted by molar-refractivity contribution is 5.94. The fourth-order valence-corrected chi connectivity index (χ4v) is 3.95. The summed E-state index contributed by atoms with van der Waals surface area (Å²) in [4.78, 5) is 14.8. The molecule has 6 nitrogen and oxygen atoms in total. The lowest BCUT2D eigenvalue weighted by molar-refractivity contribution is -0.118. The van der Waals surface area contributed by atoms with E-state index in [0.717, 1.165) is 48.3 Å². The number of carbonyl (C=O) groups excluding carboxylic acids is 1. The summed E-state index contributed by atoms with van der Waals surface area (Å²) in [5, 5.41) is 9.03. The quantitative estimate of drug-likeness (QED) is 0.725. The second-order valence-corrected chi connectivity index (χ2v) is 7.03. The van der Waals surface area contributed by atoms with Crippen molar-refractivity contribution in [3.05, 3.63) is 41.2 Å². The summed E-state index contributed by atoms with van der Waals surface area (Å²) in [6.45, 7) is 8.37. The van der Waals surface area contributed by atoms with Gasteiger partial charge >= 0.3 is 0 Å². The second kappa shape index (κ2) is 6.59. The number of anilines is 1. The number of fused-ring (bicyclic) bond motifs is 2. The molecule has 6 heteroatoms. The number of aromatic nitrogens is 4. The van der Waals surface area contributed by atoms with Crippen molar-refractivity contribution in [1.82, 2.24) is 19.6 Å². The number of carbonyl (C=O) groups is 1. The standard InChI is InChI=1S/C20H25N5O/c1-4-24-18-13-21-25(20(18)15(3)22-24)11-9-19(26)23-10-5-6-16-12-14(2)7-8-17(16)23/h7-8,12-13H,4-6,9-11H2,1-3H3. The highest BCUT2D eigenvalue weighted by Gasteiger charge is 2.23. The van der Waals surface area contributed by atoms with Crippen LogP contribution >= 0.6 is 0 Å². The molecule has 1 amide bonds. The molecule has 1 aliphatic heterocycles. The highest BCUT2D eigenvalue weighted by Crippen LogP contribution is 2.28. The molecule has 0 saturated carbocycles. The zero-order valence-corrected chi connectivity index (χ0v) is 15.7. The largest absolute Gasteiger partial charge is 0.312 e. The maximum atomic E-state index is 12.9. The van der Waals surface area contributed by atoms with Gasteiger partial charge in [0.25, 0.3) is 0 Å². The van der Waals surface area contributed by atoms with E-state index in [9.17, 15) is 4.79 Å². The summed E-state index contributed by atoms with van der Waals surface area (Å²) in [6.07, 6.45) is 4.37. The van der Waals surface area contributed by atoms with Gasteiger partial charge in [0.2, 0.25) is 5.91 Å². The van der Waals surface area contributed by atoms with Gasteiger partial charge < -0.3 is 4.90 Å². The molecule has 0 N–H and O–H groups in total. The summed E-state index contributed by atoms with van der Waals surface area (Å²) < 4.78 is 3.88. The SMILES string of the molecule is CCn1nc(C)c2c1cnn2CCC(=O)N1CCCc2cc(C)ccc21. The van der Waals surface area contributed by atoms with Crippen LogP contribution in [0.1, 0.15) is 36.6 Å². The molecule has 136 valence electrons. The molecule has 2 aromatic heterocycles. The van der Waals surface area contributed by atoms with Crippen molar-refractivity contribution in [2.24, 2.45) is 0 Å². The number of hydrogen-bond donors (Lipinski definition) is 0. The molecule has 0 fully saturated rings. The third kappa shape index (κ3) is 2.79. The highest BCUT2D eigenvalue weighted by atomic mass is 16.2. The van der Waals surface area contributed by atoms with Crippen LogP contribution < -0.4 is 4.90 Å². The van der Waals surface area contributed by atoms with Gasteiger partial charge in [-0.1, -0.05) is 17.7 Å². The smallest absolute Gasteiger partial charge is 0.228 e. The summed E-state index contributed by atoms with van der Waals surface area (Å²) in [5.74, 6) is 0.166. The Bertz CT molecular complexity index is 968. The average Bonchev–Trinajstić information content (AvgIpc) is 3.20. The fraction of sp³-hybridized carbons (Fsp3) is 0.450. The summed E-state index contributed by atoms with van der Waals surface area (Å²) in [7, 11) is 0. The van der Waals surface area contributed by atoms with Gasteiger partial charge in [-0.2, -0.15) is 10.2 Å². The molecule has 0 unspecified atom stereocenters. The molecule has 1 aliphatic rings. The predicted octanol–water partition coefficient (Wildman–Crippen LogP) is 3.24. The van der Waals surface area contributed by atoms with Crippen LogP contribution in [0.5, 0.6) is 0 Å². The van der Waals surface area contributed by atoms with Crippen LogP contribution in [0, 0.1) is 13.8 Å². The monoisotopic (exact) mass is 351 g/mol. The topological polar surface area (TPSA) is 56.0 Å². The van der Waals surface area contributed by atoms with Gasteiger partial charge in [0, 0.05) is 25.2 Å². The Balaban J connectivity index is 1.53. The lowest BCUT2D eigenvalue weighted by atomic mass is 9.99. The van der Waals surface area contributed by atoms with Crippen molar-refractivity contribution in [2.75, 3.05) is 11.4 Å². The van der Waals surface area contributed by atoms with Crippen LogP contribution in [0.2, 0.25) is 0 Å². The molecule has 1 aromatic carbocycles. The van der Waals surface area contributed by atoms with Crippen molar-refractivity contribution in [1.29, 1.82) is 0 Å². The molecule has 0 spiro atoms. The first-order valence-electron chi connectivity index (χ1n) is 9.37. The van der Waals surface area contributed by atoms with Crippen LogP contribution in [0.25, 0.3) is 11.0 Å². The van der Waals surface area contributed by atoms with E-state index in [-0.39, 0.29) is 5.91 Å². The molecule has 4 rings (SSSR count). The third-order valence-electron chi connectivity index (χ3n) is 5.20. The van der Waals surface area contributed by atoms with Crippen molar-refractivity contribution >= 4 is 22.6 Å². The third-order valence-corrected chi connectivity index (χ3v) is 5.20. The minimum atomic E-state index is 0.166. The van der Waals surface area contributed by atoms with Gasteiger partial charge in [-0.3, -0.25) is 14.2 Å². The van der Waals surface area contributed by atoms with Crippen LogP contribution in [0.15, 0.2) is 24.4 Å². The molecule has 26 heavy (non-hydrogen) atoms. The van der Waals surface area contributed by atoms with Gasteiger partial charge in [-0.05, 0) is 45.2 Å². The normalized spacial score (nSPS) is 14.0. The van der Waals surface area contributed by atoms with Crippen molar-refractivity contribution in [3.8, 4) is 0 Å². The first-order valence-corrected chi connectivity index (χ1v) is 9.37. The van der Waals surface area contributed by atoms with E-state index in [1.165, 1.54) is 11.1 Å². The molecule has 0 atom stereocenters. The Hall–Kier alpha value is -2.63. The van der Waals surface area contributed by atoms with Crippen LogP contribution in [-0.4, -0.2) is 32.0 Å². The first-order chi connectivity index (χ1) is 12.6. The lowest BCUT2D eigenvalue weighted by Crippen LogP contribution is -2.36. The Morgan fingerprint density at radius 2 is 2.08 bits per heavy atom. The average molecular weight is 351 g/mol. The van der Waals surface area contributed by atoms with E-state index in [1.54, 1.807) is 0 Å². The molecular weight excluding hydrogens is 326 g/mol. The van der Waals surface area contributed by atoms with Gasteiger partial charge in [0.05, 0.1) is 18.4 Å². The van der Waals surface area contributed by atoms with E-state index >= 15 is 0 Å². The summed E-state index contributed by atoms with van der Waals surface area (Å²) >= 11 is 0. The maximum absolute atomic E-state index is 12.9. The second-order valence-electron chi connectivity index (χ2n) is 7.03. The number of amides is 1. The molecular formula is C20H25N5O. The van der Waals surface area contributed by atoms with Crippen LogP contribution in [-0.2, 0) is 24.3 Å². The lowest BCUT2D eigenvalue weighted by Gasteiger charge is -2.30. The van der Waals surface area contributed by atoms with Gasteiger partial charge in [-0.15, -0.1) is 0 Å². The van der Waals surface area contributed by atoms with Crippen LogP contribution in [0.4, 0.5) is 5.69 Å². The number of aryl methyl sites for hydroxylation is 5. The van der Waals surface area contributed by atoms with Crippen molar-refractivity contribution < 1.29 is 4.79 Å². The molecule has 0 bridgehead atoms. The van der Waals surface area contributed by atoms with Crippen LogP contribution in [0.3, 0.4) is 0 Å². The Morgan fingerprint density at radius 1 is 1.23 bits per heavy atom. The van der Waals surface area contributed by atoms with E-state index in [2.05, 4.69) is 42.2 Å². The minimum Gasteiger partial charge on any atom is -0.312 e. The van der Waals surface area contributed by atoms with Gasteiger partial charge in [-0.25, -0.2) is 0 Å². The van der Waals surface area contributed by atoms with E-state index in [4.69, 9.17) is 0 Å². The minimum absolute atomic E-state index is 0.166. The van der Waals surface area contributed by atoms with E-state index < -0.39 is 0 Å². The molecule has 0 saturated heterocycles. The fourth-order valence-electron chi connectivity index (χ4n) is 3.95. The molecule has 3 aromatic rings. The molecule has 0 aliphatic carbocycles. The summed E-state index contributed by atoms with van der Waals surface area (Å²) in [6, 6.07) is 6.38. The zero-order chi connectivity index (χ0) is 18.3. The van der Waals surface area contributed by atoms with Gasteiger partial charge in [0.1, 0.15) is 11.0 Å². The predicted molar refractivity (Wildman–Crippen MR) is 102 cm³/mol. The van der Waals surface area contributed by atoms with E-state index in [1.807, 2.05) is 27.4 Å². The van der Waals surface area contributed by atoms with Gasteiger partial charge in [0.15, 0.2) is 0 Å². The zero-order valence-electron chi connectivity index (χ0n) is 15.7. The Kier molecular flexibility index (Phi) is 4.26. The summed E-state index contributed by atoms with van der Waals surface area (Å²) in [5.41, 5.74) is 6.65. The van der Waals surface area contributed by atoms with Crippen molar-refractivity contribution in [2.45, 2.75) is 53.1 Å². The van der Waals surface area contributed by atoms with Crippen molar-refractivity contribution in [3.63, 3.8) is 0 Å². The first kappa shape index (κ1) is 16.8. The number of benzene rings is 1. The Labute approximate surface area is 153 Å². The number of hydrogen-bond acceptors (Lipinski definition) is 3. The number of nitrogens with zero attached hydrogens (tertiary/aromatic N) is 5. The maximum Gasteiger partial charge on any atom is 0.228 e. The number of rotatable bonds is 4. The molecule has 3 heterocycles. The Morgan fingerprint density at radius 3 is 2.88 bits per heavy atom.